The van der Waals surface area contributed by atoms with E-state index in [-0.39, 0.29) is 22.4 Å². The molecule has 8 heteroatoms. The van der Waals surface area contributed by atoms with Crippen molar-refractivity contribution in [3.63, 3.8) is 0 Å². The van der Waals surface area contributed by atoms with Crippen LogP contribution in [0.25, 0.3) is 0 Å². The summed E-state index contributed by atoms with van der Waals surface area (Å²) in [6, 6.07) is 5.05. The second kappa shape index (κ2) is 5.98. The molecule has 1 saturated heterocycles. The van der Waals surface area contributed by atoms with Crippen LogP contribution in [0.4, 0.5) is 5.69 Å². The zero-order valence-electron chi connectivity index (χ0n) is 11.5. The SMILES string of the molecule is COc1cccc(C(N)=S)c1NC(=O)C1CCS(=O)(=O)C1. The van der Waals surface area contributed by atoms with Gasteiger partial charge in [-0.1, -0.05) is 18.3 Å². The molecule has 0 radical (unpaired) electrons. The van der Waals surface area contributed by atoms with Gasteiger partial charge in [-0.2, -0.15) is 0 Å². The van der Waals surface area contributed by atoms with Crippen LogP contribution in [-0.2, 0) is 14.6 Å². The van der Waals surface area contributed by atoms with E-state index < -0.39 is 15.8 Å². The van der Waals surface area contributed by atoms with Crippen LogP contribution in [-0.4, -0.2) is 37.9 Å². The molecule has 0 spiro atoms. The van der Waals surface area contributed by atoms with Crippen LogP contribution >= 0.6 is 12.2 Å². The maximum atomic E-state index is 12.2. The van der Waals surface area contributed by atoms with Crippen molar-refractivity contribution in [3.05, 3.63) is 23.8 Å². The van der Waals surface area contributed by atoms with Gasteiger partial charge in [-0.15, -0.1) is 0 Å². The molecule has 3 N–H and O–H groups in total. The summed E-state index contributed by atoms with van der Waals surface area (Å²) in [5.74, 6) is -0.582. The fourth-order valence-corrected chi connectivity index (χ4v) is 4.17. The van der Waals surface area contributed by atoms with E-state index in [0.717, 1.165) is 0 Å². The standard InChI is InChI=1S/C13H16N2O4S2/c1-19-10-4-2-3-9(12(14)20)11(10)15-13(16)8-5-6-21(17,18)7-8/h2-4,8H,5-7H2,1H3,(H2,14,20)(H,15,16). The summed E-state index contributed by atoms with van der Waals surface area (Å²) < 4.78 is 28.1. The Labute approximate surface area is 128 Å². The number of benzene rings is 1. The fraction of sp³-hybridized carbons (Fsp3) is 0.385. The number of carbonyl (C=O) groups excluding carboxylic acids is 1. The highest BCUT2D eigenvalue weighted by molar-refractivity contribution is 7.91. The number of anilines is 1. The van der Waals surface area contributed by atoms with Crippen molar-refractivity contribution in [2.45, 2.75) is 6.42 Å². The van der Waals surface area contributed by atoms with Crippen LogP contribution < -0.4 is 15.8 Å². The van der Waals surface area contributed by atoms with E-state index in [0.29, 0.717) is 23.4 Å². The van der Waals surface area contributed by atoms with Crippen molar-refractivity contribution in [2.24, 2.45) is 11.7 Å². The van der Waals surface area contributed by atoms with Gasteiger partial charge in [-0.05, 0) is 18.6 Å². The number of nitrogens with one attached hydrogen (secondary N) is 1. The molecule has 1 amide bonds. The quantitative estimate of drug-likeness (QED) is 0.790. The number of amides is 1. The Morgan fingerprint density at radius 1 is 1.48 bits per heavy atom. The number of carbonyl (C=O) groups is 1. The molecule has 2 rings (SSSR count). The van der Waals surface area contributed by atoms with Crippen molar-refractivity contribution in [2.75, 3.05) is 23.9 Å². The van der Waals surface area contributed by atoms with E-state index >= 15 is 0 Å². The number of sulfone groups is 1. The van der Waals surface area contributed by atoms with Gasteiger partial charge in [-0.25, -0.2) is 8.42 Å². The van der Waals surface area contributed by atoms with Crippen LogP contribution in [0, 0.1) is 5.92 Å². The van der Waals surface area contributed by atoms with Gasteiger partial charge in [0.15, 0.2) is 9.84 Å². The molecule has 1 aromatic carbocycles. The lowest BCUT2D eigenvalue weighted by atomic mass is 10.1. The fourth-order valence-electron chi connectivity index (χ4n) is 2.26. The van der Waals surface area contributed by atoms with Gasteiger partial charge in [0.05, 0.1) is 30.2 Å². The number of hydrogen-bond donors (Lipinski definition) is 2. The second-order valence-electron chi connectivity index (χ2n) is 4.84. The van der Waals surface area contributed by atoms with Crippen molar-refractivity contribution < 1.29 is 17.9 Å². The van der Waals surface area contributed by atoms with Gasteiger partial charge < -0.3 is 15.8 Å². The van der Waals surface area contributed by atoms with E-state index in [4.69, 9.17) is 22.7 Å². The lowest BCUT2D eigenvalue weighted by Crippen LogP contribution is -2.25. The van der Waals surface area contributed by atoms with E-state index in [9.17, 15) is 13.2 Å². The van der Waals surface area contributed by atoms with Crippen molar-refractivity contribution in [1.82, 2.24) is 0 Å². The third-order valence-electron chi connectivity index (χ3n) is 3.36. The predicted molar refractivity (Wildman–Crippen MR) is 84.3 cm³/mol. The van der Waals surface area contributed by atoms with Gasteiger partial charge in [-0.3, -0.25) is 4.79 Å². The van der Waals surface area contributed by atoms with Gasteiger partial charge in [0, 0.05) is 5.56 Å². The minimum atomic E-state index is -3.12. The molecule has 1 heterocycles. The average Bonchev–Trinajstić information content (AvgIpc) is 2.79. The molecule has 0 aliphatic carbocycles. The van der Waals surface area contributed by atoms with E-state index in [1.165, 1.54) is 7.11 Å². The number of methoxy groups -OCH3 is 1. The molecule has 0 bridgehead atoms. The van der Waals surface area contributed by atoms with Crippen molar-refractivity contribution in [3.8, 4) is 5.75 Å². The normalized spacial score (nSPS) is 20.0. The Morgan fingerprint density at radius 2 is 2.19 bits per heavy atom. The highest BCUT2D eigenvalue weighted by Gasteiger charge is 2.33. The summed E-state index contributed by atoms with van der Waals surface area (Å²) in [4.78, 5) is 12.4. The molecule has 21 heavy (non-hydrogen) atoms. The monoisotopic (exact) mass is 328 g/mol. The molecular formula is C13H16N2O4S2. The Hall–Kier alpha value is -1.67. The maximum Gasteiger partial charge on any atom is 0.228 e. The number of ether oxygens (including phenoxy) is 1. The molecular weight excluding hydrogens is 312 g/mol. The highest BCUT2D eigenvalue weighted by Crippen LogP contribution is 2.30. The number of rotatable bonds is 4. The molecule has 6 nitrogen and oxygen atoms in total. The summed E-state index contributed by atoms with van der Waals surface area (Å²) >= 11 is 4.96. The smallest absolute Gasteiger partial charge is 0.228 e. The summed E-state index contributed by atoms with van der Waals surface area (Å²) in [6.45, 7) is 0. The molecule has 1 atom stereocenters. The molecule has 1 aliphatic rings. The zero-order chi connectivity index (χ0) is 15.6. The number of para-hydroxylation sites is 1. The van der Waals surface area contributed by atoms with Gasteiger partial charge in [0.1, 0.15) is 10.7 Å². The summed E-state index contributed by atoms with van der Waals surface area (Å²) in [5, 5.41) is 2.70. The molecule has 0 saturated carbocycles. The topological polar surface area (TPSA) is 98.5 Å². The molecule has 1 fully saturated rings. The minimum Gasteiger partial charge on any atom is -0.495 e. The Morgan fingerprint density at radius 3 is 2.71 bits per heavy atom. The Kier molecular flexibility index (Phi) is 4.48. The minimum absolute atomic E-state index is 0.0408. The Bertz CT molecular complexity index is 685. The van der Waals surface area contributed by atoms with E-state index in [1.807, 2.05) is 0 Å². The third-order valence-corrected chi connectivity index (χ3v) is 5.35. The number of hydrogen-bond acceptors (Lipinski definition) is 5. The number of nitrogens with two attached hydrogens (primary N) is 1. The second-order valence-corrected chi connectivity index (χ2v) is 7.50. The largest absolute Gasteiger partial charge is 0.495 e. The van der Waals surface area contributed by atoms with Gasteiger partial charge >= 0.3 is 0 Å². The van der Waals surface area contributed by atoms with Crippen LogP contribution in [0.15, 0.2) is 18.2 Å². The van der Waals surface area contributed by atoms with E-state index in [1.54, 1.807) is 18.2 Å². The van der Waals surface area contributed by atoms with Gasteiger partial charge in [0.2, 0.25) is 5.91 Å². The maximum absolute atomic E-state index is 12.2. The van der Waals surface area contributed by atoms with Crippen LogP contribution in [0.3, 0.4) is 0 Å². The molecule has 0 aromatic heterocycles. The molecule has 1 aromatic rings. The first-order valence-electron chi connectivity index (χ1n) is 6.32. The summed E-state index contributed by atoms with van der Waals surface area (Å²) in [7, 11) is -1.65. The van der Waals surface area contributed by atoms with E-state index in [2.05, 4.69) is 5.32 Å². The van der Waals surface area contributed by atoms with Gasteiger partial charge in [0.25, 0.3) is 0 Å². The van der Waals surface area contributed by atoms with Crippen LogP contribution in [0.2, 0.25) is 0 Å². The lowest BCUT2D eigenvalue weighted by Gasteiger charge is -2.16. The van der Waals surface area contributed by atoms with Crippen LogP contribution in [0.1, 0.15) is 12.0 Å². The van der Waals surface area contributed by atoms with Crippen molar-refractivity contribution in [1.29, 1.82) is 0 Å². The molecule has 1 unspecified atom stereocenters. The lowest BCUT2D eigenvalue weighted by molar-refractivity contribution is -0.119. The third kappa shape index (κ3) is 3.51. The predicted octanol–water partition coefficient (Wildman–Crippen LogP) is 0.703. The first-order valence-corrected chi connectivity index (χ1v) is 8.55. The average molecular weight is 328 g/mol. The highest BCUT2D eigenvalue weighted by atomic mass is 32.2. The first kappa shape index (κ1) is 15.7. The summed E-state index contributed by atoms with van der Waals surface area (Å²) in [5.41, 5.74) is 6.50. The molecule has 114 valence electrons. The summed E-state index contributed by atoms with van der Waals surface area (Å²) in [6.07, 6.45) is 0.325. The Balaban J connectivity index is 2.27. The number of thiocarbonyl (C=S) groups is 1. The zero-order valence-corrected chi connectivity index (χ0v) is 13.1. The molecule has 1 aliphatic heterocycles. The van der Waals surface area contributed by atoms with Crippen LogP contribution in [0.5, 0.6) is 5.75 Å². The first-order chi connectivity index (χ1) is 9.84. The van der Waals surface area contributed by atoms with Crippen molar-refractivity contribution >= 4 is 38.6 Å².